The van der Waals surface area contributed by atoms with E-state index in [2.05, 4.69) is 67.2 Å². The van der Waals surface area contributed by atoms with Crippen LogP contribution in [0.2, 0.25) is 0 Å². The zero-order valence-electron chi connectivity index (χ0n) is 9.27. The third-order valence-electron chi connectivity index (χ3n) is 2.59. The quantitative estimate of drug-likeness (QED) is 0.504. The maximum Gasteiger partial charge on any atom is 0.0953 e. The van der Waals surface area contributed by atoms with Crippen LogP contribution in [0.4, 0.5) is 0 Å². The maximum absolute atomic E-state index is 4.67. The molecule has 1 nitrogen and oxygen atoms in total. The van der Waals surface area contributed by atoms with E-state index in [0.717, 1.165) is 11.9 Å². The molecule has 0 aliphatic carbocycles. The largest absolute Gasteiger partial charge is 0.241 e. The molecule has 92 valence electrons. The Bertz CT molecular complexity index is 641. The van der Waals surface area contributed by atoms with E-state index in [1.807, 2.05) is 6.07 Å². The summed E-state index contributed by atoms with van der Waals surface area (Å²) < 4.78 is 2.44. The van der Waals surface area contributed by atoms with Gasteiger partial charge in [-0.25, -0.2) is 4.98 Å². The standard InChI is InChI=1S/C13H9Br2NS2/c14-8(10-5-6-12(15)17-10)7-13-16-9-3-1-2-4-11(9)18-13/h1-6,8H,7H2. The number of rotatable bonds is 3. The van der Waals surface area contributed by atoms with Gasteiger partial charge in [-0.3, -0.25) is 0 Å². The first-order valence-corrected chi connectivity index (χ1v) is 8.80. The van der Waals surface area contributed by atoms with Crippen molar-refractivity contribution in [1.29, 1.82) is 0 Å². The number of thiophene rings is 1. The molecule has 1 unspecified atom stereocenters. The van der Waals surface area contributed by atoms with Gasteiger partial charge in [0.05, 0.1) is 23.8 Å². The molecule has 18 heavy (non-hydrogen) atoms. The molecule has 0 fully saturated rings. The normalized spacial score (nSPS) is 13.0. The molecule has 3 rings (SSSR count). The fourth-order valence-electron chi connectivity index (χ4n) is 1.76. The van der Waals surface area contributed by atoms with Gasteiger partial charge in [-0.15, -0.1) is 22.7 Å². The number of para-hydroxylation sites is 1. The van der Waals surface area contributed by atoms with Crippen molar-refractivity contribution in [3.63, 3.8) is 0 Å². The van der Waals surface area contributed by atoms with E-state index < -0.39 is 0 Å². The Hall–Kier alpha value is -0.230. The van der Waals surface area contributed by atoms with Gasteiger partial charge in [-0.05, 0) is 40.2 Å². The number of fused-ring (bicyclic) bond motifs is 1. The molecule has 0 aliphatic rings. The van der Waals surface area contributed by atoms with Crippen LogP contribution in [0.25, 0.3) is 10.2 Å². The zero-order chi connectivity index (χ0) is 12.5. The second-order valence-electron chi connectivity index (χ2n) is 3.89. The van der Waals surface area contributed by atoms with Gasteiger partial charge in [0.2, 0.25) is 0 Å². The minimum atomic E-state index is 0.342. The first-order valence-electron chi connectivity index (χ1n) is 5.46. The second-order valence-corrected chi connectivity index (χ2v) is 8.60. The molecular weight excluding hydrogens is 394 g/mol. The molecule has 2 aromatic heterocycles. The average molecular weight is 403 g/mol. The number of hydrogen-bond donors (Lipinski definition) is 0. The topological polar surface area (TPSA) is 12.9 Å². The Morgan fingerprint density at radius 2 is 1.94 bits per heavy atom. The maximum atomic E-state index is 4.67. The molecular formula is C13H9Br2NS2. The summed E-state index contributed by atoms with van der Waals surface area (Å²) in [5, 5.41) is 1.18. The molecule has 1 aromatic carbocycles. The van der Waals surface area contributed by atoms with Crippen LogP contribution >= 0.6 is 54.5 Å². The first kappa shape index (κ1) is 12.8. The van der Waals surface area contributed by atoms with E-state index in [4.69, 9.17) is 0 Å². The summed E-state index contributed by atoms with van der Waals surface area (Å²) in [4.78, 5) is 6.34. The van der Waals surface area contributed by atoms with Crippen molar-refractivity contribution >= 4 is 64.8 Å². The van der Waals surface area contributed by atoms with Crippen LogP contribution in [0.3, 0.4) is 0 Å². The number of thiazole rings is 1. The highest BCUT2D eigenvalue weighted by atomic mass is 79.9. The summed E-state index contributed by atoms with van der Waals surface area (Å²) in [5.41, 5.74) is 1.10. The molecule has 0 amide bonds. The van der Waals surface area contributed by atoms with E-state index in [1.165, 1.54) is 18.4 Å². The van der Waals surface area contributed by atoms with Crippen LogP contribution in [0.5, 0.6) is 0 Å². The lowest BCUT2D eigenvalue weighted by atomic mass is 10.3. The highest BCUT2D eigenvalue weighted by Crippen LogP contribution is 2.36. The molecule has 2 heterocycles. The molecule has 3 aromatic rings. The molecule has 1 atom stereocenters. The Labute approximate surface area is 130 Å². The Morgan fingerprint density at radius 1 is 1.11 bits per heavy atom. The third kappa shape index (κ3) is 2.69. The molecule has 0 bridgehead atoms. The van der Waals surface area contributed by atoms with Gasteiger partial charge in [0, 0.05) is 11.3 Å². The van der Waals surface area contributed by atoms with Crippen LogP contribution in [0.1, 0.15) is 14.7 Å². The third-order valence-corrected chi connectivity index (χ3v) is 6.51. The van der Waals surface area contributed by atoms with Crippen LogP contribution in [0.15, 0.2) is 40.2 Å². The predicted octanol–water partition coefficient (Wildman–Crippen LogP) is 5.80. The lowest BCUT2D eigenvalue weighted by Gasteiger charge is -2.03. The van der Waals surface area contributed by atoms with Crippen molar-refractivity contribution in [2.24, 2.45) is 0 Å². The molecule has 0 saturated carbocycles. The number of nitrogens with zero attached hydrogens (tertiary/aromatic N) is 1. The minimum Gasteiger partial charge on any atom is -0.241 e. The van der Waals surface area contributed by atoms with E-state index in [-0.39, 0.29) is 0 Å². The van der Waals surface area contributed by atoms with Gasteiger partial charge < -0.3 is 0 Å². The lowest BCUT2D eigenvalue weighted by molar-refractivity contribution is 0.957. The van der Waals surface area contributed by atoms with E-state index in [1.54, 1.807) is 22.7 Å². The summed E-state index contributed by atoms with van der Waals surface area (Å²) in [6.45, 7) is 0. The van der Waals surface area contributed by atoms with Crippen LogP contribution < -0.4 is 0 Å². The van der Waals surface area contributed by atoms with Crippen LogP contribution in [-0.2, 0) is 6.42 Å². The summed E-state index contributed by atoms with van der Waals surface area (Å²) in [6.07, 6.45) is 0.937. The first-order chi connectivity index (χ1) is 8.72. The number of alkyl halides is 1. The summed E-state index contributed by atoms with van der Waals surface area (Å²) >= 11 is 10.8. The molecule has 0 radical (unpaired) electrons. The van der Waals surface area contributed by atoms with Crippen molar-refractivity contribution in [1.82, 2.24) is 4.98 Å². The molecule has 0 saturated heterocycles. The Balaban J connectivity index is 1.83. The van der Waals surface area contributed by atoms with Crippen molar-refractivity contribution in [2.45, 2.75) is 11.2 Å². The molecule has 0 aliphatic heterocycles. The number of benzene rings is 1. The van der Waals surface area contributed by atoms with E-state index in [0.29, 0.717) is 4.83 Å². The number of aromatic nitrogens is 1. The average Bonchev–Trinajstić information content (AvgIpc) is 2.94. The SMILES string of the molecule is Brc1ccc(C(Br)Cc2nc3ccccc3s2)s1. The second kappa shape index (κ2) is 5.41. The number of hydrogen-bond acceptors (Lipinski definition) is 3. The van der Waals surface area contributed by atoms with Crippen LogP contribution in [-0.4, -0.2) is 4.98 Å². The number of halogens is 2. The van der Waals surface area contributed by atoms with Gasteiger partial charge in [0.1, 0.15) is 0 Å². The summed E-state index contributed by atoms with van der Waals surface area (Å²) in [6, 6.07) is 12.5. The summed E-state index contributed by atoms with van der Waals surface area (Å²) in [7, 11) is 0. The fraction of sp³-hybridized carbons (Fsp3) is 0.154. The van der Waals surface area contributed by atoms with Gasteiger partial charge >= 0.3 is 0 Å². The van der Waals surface area contributed by atoms with Crippen molar-refractivity contribution < 1.29 is 0 Å². The van der Waals surface area contributed by atoms with Gasteiger partial charge in [-0.1, -0.05) is 28.1 Å². The predicted molar refractivity (Wildman–Crippen MR) is 87.0 cm³/mol. The smallest absolute Gasteiger partial charge is 0.0953 e. The molecule has 0 N–H and O–H groups in total. The zero-order valence-corrected chi connectivity index (χ0v) is 14.1. The van der Waals surface area contributed by atoms with Gasteiger partial charge in [-0.2, -0.15) is 0 Å². The van der Waals surface area contributed by atoms with Gasteiger partial charge in [0.25, 0.3) is 0 Å². The monoisotopic (exact) mass is 401 g/mol. The highest BCUT2D eigenvalue weighted by molar-refractivity contribution is 9.11. The summed E-state index contributed by atoms with van der Waals surface area (Å²) in [5.74, 6) is 0. The van der Waals surface area contributed by atoms with Gasteiger partial charge in [0.15, 0.2) is 0 Å². The fourth-order valence-corrected chi connectivity index (χ4v) is 5.13. The van der Waals surface area contributed by atoms with Crippen LogP contribution in [0, 0.1) is 0 Å². The Morgan fingerprint density at radius 3 is 2.67 bits per heavy atom. The Kier molecular flexibility index (Phi) is 3.84. The van der Waals surface area contributed by atoms with Crippen molar-refractivity contribution in [3.05, 3.63) is 50.1 Å². The van der Waals surface area contributed by atoms with E-state index >= 15 is 0 Å². The molecule has 0 spiro atoms. The van der Waals surface area contributed by atoms with E-state index in [9.17, 15) is 0 Å². The van der Waals surface area contributed by atoms with Crippen molar-refractivity contribution in [2.75, 3.05) is 0 Å². The minimum absolute atomic E-state index is 0.342. The van der Waals surface area contributed by atoms with Crippen molar-refractivity contribution in [3.8, 4) is 0 Å². The highest BCUT2D eigenvalue weighted by Gasteiger charge is 2.13. The molecule has 5 heteroatoms. The lowest BCUT2D eigenvalue weighted by Crippen LogP contribution is -1.91.